The highest BCUT2D eigenvalue weighted by molar-refractivity contribution is 5.30. The van der Waals surface area contributed by atoms with E-state index in [1.165, 1.54) is 0 Å². The predicted molar refractivity (Wildman–Crippen MR) is 45.8 cm³/mol. The lowest BCUT2D eigenvalue weighted by molar-refractivity contribution is 0.993. The summed E-state index contributed by atoms with van der Waals surface area (Å²) in [5.41, 5.74) is 5.38. The first-order valence-electron chi connectivity index (χ1n) is 6.10. The van der Waals surface area contributed by atoms with Gasteiger partial charge in [0.25, 0.3) is 0 Å². The van der Waals surface area contributed by atoms with E-state index in [1.54, 1.807) is 0 Å². The number of pyridine rings is 1. The third-order valence-corrected chi connectivity index (χ3v) is 1.16. The first-order valence-corrected chi connectivity index (χ1v) is 3.10. The lowest BCUT2D eigenvalue weighted by Crippen LogP contribution is -1.92. The maximum absolute atomic E-state index is 7.66. The number of imidazole rings is 1. The maximum atomic E-state index is 7.66. The van der Waals surface area contributed by atoms with E-state index in [9.17, 15) is 0 Å². The number of hydrogen-bond acceptors (Lipinski definition) is 3. The Bertz CT molecular complexity index is 637. The zero-order valence-electron chi connectivity index (χ0n) is 11.9. The molecular weight excluding hydrogens is 152 g/mol. The number of hydrogen-bond donors (Lipinski definition) is 1. The van der Waals surface area contributed by atoms with Crippen LogP contribution in [0.1, 0.15) is 8.22 Å². The van der Waals surface area contributed by atoms with E-state index in [0.29, 0.717) is 0 Å². The van der Waals surface area contributed by atoms with Crippen LogP contribution in [-0.4, -0.2) is 14.5 Å². The van der Waals surface area contributed by atoms with E-state index >= 15 is 0 Å². The van der Waals surface area contributed by atoms with Crippen LogP contribution in [0.5, 0.6) is 0 Å². The van der Waals surface area contributed by atoms with E-state index < -0.39 is 30.6 Å². The van der Waals surface area contributed by atoms with Crippen molar-refractivity contribution in [1.29, 1.82) is 0 Å². The summed E-state index contributed by atoms with van der Waals surface area (Å²) in [6, 6.07) is -1.42. The van der Waals surface area contributed by atoms with Crippen molar-refractivity contribution < 1.29 is 8.22 Å². The zero-order valence-corrected chi connectivity index (χ0v) is 5.92. The Kier molecular flexibility index (Phi) is 0.640. The Balaban J connectivity index is 2.80. The predicted octanol–water partition coefficient (Wildman–Crippen LogP) is 0.849. The molecular formula is C8H8N4. The van der Waals surface area contributed by atoms with Crippen LogP contribution in [0.2, 0.25) is 0 Å². The van der Waals surface area contributed by atoms with Crippen LogP contribution in [0.25, 0.3) is 5.82 Å². The van der Waals surface area contributed by atoms with Crippen LogP contribution >= 0.6 is 0 Å². The molecule has 2 aromatic rings. The van der Waals surface area contributed by atoms with Gasteiger partial charge in [-0.1, -0.05) is 6.04 Å². The Morgan fingerprint density at radius 3 is 3.08 bits per heavy atom. The SMILES string of the molecule is [2H]c1nc(-n2c([2H])nc(N)c2[2H])c([2H])c([2H])c1[2H]. The van der Waals surface area contributed by atoms with Gasteiger partial charge in [-0.2, -0.15) is 0 Å². The molecule has 2 heterocycles. The Labute approximate surface area is 78.1 Å². The van der Waals surface area contributed by atoms with E-state index in [2.05, 4.69) is 9.97 Å². The van der Waals surface area contributed by atoms with Crippen LogP contribution < -0.4 is 5.73 Å². The van der Waals surface area contributed by atoms with Crippen molar-refractivity contribution >= 4 is 5.82 Å². The van der Waals surface area contributed by atoms with Crippen LogP contribution in [0, 0.1) is 0 Å². The topological polar surface area (TPSA) is 56.7 Å². The fourth-order valence-electron chi connectivity index (χ4n) is 0.699. The van der Waals surface area contributed by atoms with Crippen molar-refractivity contribution in [3.8, 4) is 5.82 Å². The van der Waals surface area contributed by atoms with Crippen molar-refractivity contribution in [2.75, 3.05) is 5.73 Å². The molecule has 2 rings (SSSR count). The Hall–Kier alpha value is -1.84. The molecule has 60 valence electrons. The van der Waals surface area contributed by atoms with Crippen LogP contribution in [-0.2, 0) is 0 Å². The molecule has 2 aromatic heterocycles. The number of aromatic nitrogens is 3. The zero-order chi connectivity index (χ0) is 13.6. The number of nitrogens with two attached hydrogens (primary N) is 1. The van der Waals surface area contributed by atoms with Crippen LogP contribution in [0.15, 0.2) is 36.8 Å². The van der Waals surface area contributed by atoms with Crippen molar-refractivity contribution in [3.05, 3.63) is 36.8 Å². The smallest absolute Gasteiger partial charge is 0.142 e. The summed E-state index contributed by atoms with van der Waals surface area (Å²) in [7, 11) is 0. The maximum Gasteiger partial charge on any atom is 0.142 e. The van der Waals surface area contributed by atoms with Gasteiger partial charge >= 0.3 is 0 Å². The lowest BCUT2D eigenvalue weighted by atomic mass is 10.5. The number of nitrogens with zero attached hydrogens (tertiary/aromatic N) is 3. The normalized spacial score (nSPS) is 17.0. The summed E-state index contributed by atoms with van der Waals surface area (Å²) in [5.74, 6) is -0.464. The summed E-state index contributed by atoms with van der Waals surface area (Å²) in [6.45, 7) is 0. The summed E-state index contributed by atoms with van der Waals surface area (Å²) < 4.78 is 45.9. The molecule has 4 nitrogen and oxygen atoms in total. The van der Waals surface area contributed by atoms with Crippen molar-refractivity contribution in [2.45, 2.75) is 0 Å². The van der Waals surface area contributed by atoms with Gasteiger partial charge in [-0.3, -0.25) is 4.57 Å². The molecule has 0 atom stereocenters. The molecule has 0 unspecified atom stereocenters. The molecule has 0 amide bonds. The monoisotopic (exact) mass is 166 g/mol. The molecule has 2 N–H and O–H groups in total. The molecule has 0 aliphatic carbocycles. The summed E-state index contributed by atoms with van der Waals surface area (Å²) in [5, 5.41) is 0. The number of rotatable bonds is 1. The standard InChI is InChI=1S/C8H8N4/c9-7-5-12(6-11-7)8-3-1-2-4-10-8/h1-6H,9H2/i1D,2D,3D,4D,5D,6D. The van der Waals surface area contributed by atoms with Gasteiger partial charge in [0.05, 0.1) is 13.0 Å². The number of nitrogen functional groups attached to an aromatic ring is 1. The van der Waals surface area contributed by atoms with Gasteiger partial charge in [-0.25, -0.2) is 9.97 Å². The van der Waals surface area contributed by atoms with Gasteiger partial charge in [0.15, 0.2) is 0 Å². The third-order valence-electron chi connectivity index (χ3n) is 1.16. The fourth-order valence-corrected chi connectivity index (χ4v) is 0.699. The van der Waals surface area contributed by atoms with Crippen LogP contribution in [0.4, 0.5) is 5.82 Å². The second-order valence-corrected chi connectivity index (χ2v) is 1.97. The molecule has 0 bridgehead atoms. The summed E-state index contributed by atoms with van der Waals surface area (Å²) in [6.07, 6.45) is -1.25. The Morgan fingerprint density at radius 1 is 1.42 bits per heavy atom. The molecule has 0 saturated heterocycles. The summed E-state index contributed by atoms with van der Waals surface area (Å²) >= 11 is 0. The third kappa shape index (κ3) is 1.14. The lowest BCUT2D eigenvalue weighted by Gasteiger charge is -1.97. The highest BCUT2D eigenvalue weighted by Gasteiger charge is 1.96. The fraction of sp³-hybridized carbons (Fsp3) is 0. The quantitative estimate of drug-likeness (QED) is 0.683. The van der Waals surface area contributed by atoms with Crippen molar-refractivity contribution in [2.24, 2.45) is 0 Å². The molecule has 0 saturated carbocycles. The molecule has 0 radical (unpaired) electrons. The highest BCUT2D eigenvalue weighted by Crippen LogP contribution is 2.04. The average molecular weight is 166 g/mol. The van der Waals surface area contributed by atoms with Gasteiger partial charge in [0, 0.05) is 6.17 Å². The summed E-state index contributed by atoms with van der Waals surface area (Å²) in [4.78, 5) is 7.17. The van der Waals surface area contributed by atoms with Gasteiger partial charge in [0.1, 0.15) is 19.3 Å². The molecule has 0 aliphatic heterocycles. The van der Waals surface area contributed by atoms with Gasteiger partial charge in [-0.15, -0.1) is 0 Å². The molecule has 4 heteroatoms. The minimum atomic E-state index is -0.503. The first kappa shape index (κ1) is 2.90. The van der Waals surface area contributed by atoms with Gasteiger partial charge in [0.2, 0.25) is 0 Å². The molecule has 0 spiro atoms. The van der Waals surface area contributed by atoms with Crippen LogP contribution in [0.3, 0.4) is 0 Å². The van der Waals surface area contributed by atoms with Crippen molar-refractivity contribution in [3.63, 3.8) is 0 Å². The minimum absolute atomic E-state index is 0.200. The van der Waals surface area contributed by atoms with E-state index in [4.69, 9.17) is 14.0 Å². The molecule has 0 aliphatic rings. The van der Waals surface area contributed by atoms with E-state index in [-0.39, 0.29) is 17.8 Å². The largest absolute Gasteiger partial charge is 0.382 e. The second-order valence-electron chi connectivity index (χ2n) is 1.97. The Morgan fingerprint density at radius 2 is 2.33 bits per heavy atom. The van der Waals surface area contributed by atoms with Crippen molar-refractivity contribution in [1.82, 2.24) is 14.5 Å². The second kappa shape index (κ2) is 2.65. The first-order chi connectivity index (χ1) is 8.34. The van der Waals surface area contributed by atoms with E-state index in [0.717, 1.165) is 4.57 Å². The molecule has 0 fully saturated rings. The molecule has 0 aromatic carbocycles. The van der Waals surface area contributed by atoms with E-state index in [1.807, 2.05) is 0 Å². The van der Waals surface area contributed by atoms with Gasteiger partial charge < -0.3 is 5.73 Å². The van der Waals surface area contributed by atoms with Gasteiger partial charge in [-0.05, 0) is 12.1 Å². The minimum Gasteiger partial charge on any atom is -0.382 e. The average Bonchev–Trinajstić information content (AvgIpc) is 2.56. The number of anilines is 1. The highest BCUT2D eigenvalue weighted by atomic mass is 15.1. The molecule has 12 heavy (non-hydrogen) atoms.